The van der Waals surface area contributed by atoms with E-state index in [2.05, 4.69) is 18.8 Å². The second-order valence-electron chi connectivity index (χ2n) is 3.49. The molecule has 1 heterocycles. The highest BCUT2D eigenvalue weighted by Crippen LogP contribution is 2.20. The van der Waals surface area contributed by atoms with Crippen molar-refractivity contribution in [1.29, 1.82) is 0 Å². The van der Waals surface area contributed by atoms with Gasteiger partial charge in [-0.25, -0.2) is 4.98 Å². The zero-order chi connectivity index (χ0) is 13.3. The maximum absolute atomic E-state index is 9.35. The molecule has 1 aromatic carbocycles. The quantitative estimate of drug-likeness (QED) is 0.716. The third-order valence-electron chi connectivity index (χ3n) is 1.89. The number of aromatic nitrogens is 1. The number of nitrogens with zero attached hydrogens (tertiary/aromatic N) is 1. The van der Waals surface area contributed by atoms with E-state index < -0.39 is 0 Å². The van der Waals surface area contributed by atoms with Crippen LogP contribution in [0.2, 0.25) is 0 Å². The standard InChI is InChI=1S/C10H9NO.C3H8.C2H6/c1-7-10(12)6-8-4-2-3-5-9(8)11-7;1-3-2;1-2/h2-6,12H,1H3;3H2,1-2H3;1-2H3. The predicted octanol–water partition coefficient (Wildman–Crippen LogP) is 4.69. The molecule has 0 saturated carbocycles. The van der Waals surface area contributed by atoms with E-state index >= 15 is 0 Å². The fourth-order valence-electron chi connectivity index (χ4n) is 1.20. The van der Waals surface area contributed by atoms with Gasteiger partial charge in [0.05, 0.1) is 11.2 Å². The lowest BCUT2D eigenvalue weighted by Crippen LogP contribution is -1.83. The molecule has 2 aromatic rings. The molecule has 2 heteroatoms. The van der Waals surface area contributed by atoms with Gasteiger partial charge < -0.3 is 5.11 Å². The van der Waals surface area contributed by atoms with Gasteiger partial charge in [0.1, 0.15) is 5.75 Å². The summed E-state index contributed by atoms with van der Waals surface area (Å²) >= 11 is 0. The van der Waals surface area contributed by atoms with E-state index in [4.69, 9.17) is 0 Å². The Morgan fingerprint density at radius 1 is 1.12 bits per heavy atom. The van der Waals surface area contributed by atoms with Gasteiger partial charge in [0.2, 0.25) is 0 Å². The van der Waals surface area contributed by atoms with E-state index in [0.717, 1.165) is 10.9 Å². The molecule has 0 bridgehead atoms. The number of benzene rings is 1. The Morgan fingerprint density at radius 3 is 2.24 bits per heavy atom. The zero-order valence-electron chi connectivity index (χ0n) is 11.5. The van der Waals surface area contributed by atoms with Crippen LogP contribution in [0.1, 0.15) is 39.8 Å². The topological polar surface area (TPSA) is 33.1 Å². The molecule has 0 amide bonds. The minimum atomic E-state index is 0.258. The number of rotatable bonds is 0. The van der Waals surface area contributed by atoms with Crippen molar-refractivity contribution in [3.8, 4) is 5.75 Å². The summed E-state index contributed by atoms with van der Waals surface area (Å²) in [6.45, 7) is 10.0. The molecular formula is C15H23NO. The van der Waals surface area contributed by atoms with Gasteiger partial charge in [0, 0.05) is 5.39 Å². The first-order valence-corrected chi connectivity index (χ1v) is 6.24. The number of aromatic hydroxyl groups is 1. The number of pyridine rings is 1. The van der Waals surface area contributed by atoms with E-state index in [-0.39, 0.29) is 5.75 Å². The van der Waals surface area contributed by atoms with Gasteiger partial charge in [0.25, 0.3) is 0 Å². The Labute approximate surface area is 104 Å². The van der Waals surface area contributed by atoms with Gasteiger partial charge in [0.15, 0.2) is 0 Å². The van der Waals surface area contributed by atoms with Crippen molar-refractivity contribution in [2.24, 2.45) is 0 Å². The summed E-state index contributed by atoms with van der Waals surface area (Å²) in [6, 6.07) is 9.46. The summed E-state index contributed by atoms with van der Waals surface area (Å²) in [5.41, 5.74) is 1.60. The van der Waals surface area contributed by atoms with Crippen LogP contribution in [0.15, 0.2) is 30.3 Å². The molecule has 0 aliphatic carbocycles. The Balaban J connectivity index is 0.000000450. The molecule has 0 spiro atoms. The molecular weight excluding hydrogens is 210 g/mol. The number of fused-ring (bicyclic) bond motifs is 1. The van der Waals surface area contributed by atoms with Crippen LogP contribution in [0, 0.1) is 6.92 Å². The van der Waals surface area contributed by atoms with Crippen molar-refractivity contribution in [1.82, 2.24) is 4.98 Å². The minimum absolute atomic E-state index is 0.258. The van der Waals surface area contributed by atoms with Crippen molar-refractivity contribution in [3.05, 3.63) is 36.0 Å². The van der Waals surface area contributed by atoms with Crippen LogP contribution in [0.3, 0.4) is 0 Å². The summed E-state index contributed by atoms with van der Waals surface area (Å²) in [4.78, 5) is 4.23. The van der Waals surface area contributed by atoms with Crippen LogP contribution < -0.4 is 0 Å². The number of hydrogen-bond acceptors (Lipinski definition) is 2. The van der Waals surface area contributed by atoms with Crippen LogP contribution in [-0.4, -0.2) is 10.1 Å². The maximum atomic E-state index is 9.35. The SMILES string of the molecule is CC.CCC.Cc1nc2ccccc2cc1O. The Kier molecular flexibility index (Phi) is 7.78. The van der Waals surface area contributed by atoms with Crippen molar-refractivity contribution >= 4 is 10.9 Å². The second kappa shape index (κ2) is 8.57. The molecule has 1 aromatic heterocycles. The molecule has 2 nitrogen and oxygen atoms in total. The normalized spacial score (nSPS) is 8.76. The summed E-state index contributed by atoms with van der Waals surface area (Å²) in [7, 11) is 0. The maximum Gasteiger partial charge on any atom is 0.137 e. The Hall–Kier alpha value is -1.57. The lowest BCUT2D eigenvalue weighted by Gasteiger charge is -2.00. The molecule has 0 aliphatic rings. The van der Waals surface area contributed by atoms with Crippen molar-refractivity contribution < 1.29 is 5.11 Å². The van der Waals surface area contributed by atoms with E-state index in [1.165, 1.54) is 6.42 Å². The van der Waals surface area contributed by atoms with Crippen LogP contribution in [0.4, 0.5) is 0 Å². The van der Waals surface area contributed by atoms with Gasteiger partial charge in [-0.2, -0.15) is 0 Å². The second-order valence-corrected chi connectivity index (χ2v) is 3.49. The minimum Gasteiger partial charge on any atom is -0.506 e. The summed E-state index contributed by atoms with van der Waals surface area (Å²) in [6.07, 6.45) is 1.25. The molecule has 2 rings (SSSR count). The molecule has 0 fully saturated rings. The zero-order valence-corrected chi connectivity index (χ0v) is 11.5. The van der Waals surface area contributed by atoms with E-state index in [1.54, 1.807) is 13.0 Å². The molecule has 0 atom stereocenters. The third-order valence-corrected chi connectivity index (χ3v) is 1.89. The van der Waals surface area contributed by atoms with Crippen LogP contribution in [-0.2, 0) is 0 Å². The van der Waals surface area contributed by atoms with E-state index in [9.17, 15) is 5.11 Å². The lowest BCUT2D eigenvalue weighted by molar-refractivity contribution is 0.469. The number of hydrogen-bond donors (Lipinski definition) is 1. The molecule has 94 valence electrons. The van der Waals surface area contributed by atoms with Gasteiger partial charge in [-0.3, -0.25) is 0 Å². The number of aryl methyl sites for hydroxylation is 1. The summed E-state index contributed by atoms with van der Waals surface area (Å²) in [5, 5.41) is 10.3. The Morgan fingerprint density at radius 2 is 1.65 bits per heavy atom. The highest BCUT2D eigenvalue weighted by atomic mass is 16.3. The average molecular weight is 233 g/mol. The van der Waals surface area contributed by atoms with Crippen LogP contribution >= 0.6 is 0 Å². The van der Waals surface area contributed by atoms with Gasteiger partial charge in [-0.05, 0) is 19.1 Å². The molecule has 0 saturated heterocycles. The smallest absolute Gasteiger partial charge is 0.137 e. The van der Waals surface area contributed by atoms with E-state index in [0.29, 0.717) is 5.69 Å². The fourth-order valence-corrected chi connectivity index (χ4v) is 1.20. The monoisotopic (exact) mass is 233 g/mol. The Bertz CT molecular complexity index is 397. The molecule has 0 radical (unpaired) electrons. The van der Waals surface area contributed by atoms with E-state index in [1.807, 2.05) is 38.1 Å². The van der Waals surface area contributed by atoms with Crippen molar-refractivity contribution in [2.75, 3.05) is 0 Å². The third kappa shape index (κ3) is 4.85. The molecule has 1 N–H and O–H groups in total. The van der Waals surface area contributed by atoms with Gasteiger partial charge in [-0.15, -0.1) is 0 Å². The largest absolute Gasteiger partial charge is 0.506 e. The highest BCUT2D eigenvalue weighted by Gasteiger charge is 1.99. The molecule has 0 aliphatic heterocycles. The van der Waals surface area contributed by atoms with Crippen molar-refractivity contribution in [2.45, 2.75) is 41.0 Å². The van der Waals surface area contributed by atoms with Crippen LogP contribution in [0.25, 0.3) is 10.9 Å². The lowest BCUT2D eigenvalue weighted by atomic mass is 10.2. The van der Waals surface area contributed by atoms with Gasteiger partial charge >= 0.3 is 0 Å². The first kappa shape index (κ1) is 15.4. The molecule has 0 unspecified atom stereocenters. The summed E-state index contributed by atoms with van der Waals surface area (Å²) in [5.74, 6) is 0.258. The average Bonchev–Trinajstić information content (AvgIpc) is 2.34. The first-order valence-electron chi connectivity index (χ1n) is 6.24. The fraction of sp³-hybridized carbons (Fsp3) is 0.400. The van der Waals surface area contributed by atoms with Gasteiger partial charge in [-0.1, -0.05) is 52.3 Å². The van der Waals surface area contributed by atoms with Crippen LogP contribution in [0.5, 0.6) is 5.75 Å². The number of para-hydroxylation sites is 1. The first-order chi connectivity index (χ1) is 8.19. The highest BCUT2D eigenvalue weighted by molar-refractivity contribution is 5.80. The van der Waals surface area contributed by atoms with Crippen molar-refractivity contribution in [3.63, 3.8) is 0 Å². The molecule has 17 heavy (non-hydrogen) atoms. The predicted molar refractivity (Wildman–Crippen MR) is 75.5 cm³/mol. The summed E-state index contributed by atoms with van der Waals surface area (Å²) < 4.78 is 0.